The third kappa shape index (κ3) is 5.72. The fourth-order valence-electron chi connectivity index (χ4n) is 5.21. The number of anilines is 1. The largest absolute Gasteiger partial charge is 0.366 e. The number of rotatable bonds is 7. The van der Waals surface area contributed by atoms with Crippen LogP contribution in [0.4, 0.5) is 5.69 Å². The Morgan fingerprint density at radius 2 is 1.45 bits per heavy atom. The summed E-state index contributed by atoms with van der Waals surface area (Å²) in [5, 5.41) is 4.50. The SMILES string of the molecule is Cc1cc(C)c(C(=O)C(=O)N2CCN(c3cnn(-c4ccccc4)c(=O)c3SCc3ccccc3)CC2)c(C)c1. The fraction of sp³-hybridized carbons (Fsp3) is 0.250. The number of nitrogens with zero attached hydrogens (tertiary/aromatic N) is 4. The second kappa shape index (κ2) is 11.9. The molecule has 5 rings (SSSR count). The number of Topliss-reactive ketones (excluding diaryl/α,β-unsaturated/α-hetero) is 1. The minimum Gasteiger partial charge on any atom is -0.366 e. The molecule has 3 aromatic carbocycles. The number of carbonyl (C=O) groups excluding carboxylic acids is 2. The lowest BCUT2D eigenvalue weighted by atomic mass is 9.96. The Labute approximate surface area is 238 Å². The Kier molecular flexibility index (Phi) is 8.16. The summed E-state index contributed by atoms with van der Waals surface area (Å²) in [5.41, 5.74) is 5.60. The number of hydrogen-bond donors (Lipinski definition) is 0. The molecule has 1 saturated heterocycles. The van der Waals surface area contributed by atoms with E-state index in [1.165, 1.54) is 16.4 Å². The van der Waals surface area contributed by atoms with Crippen molar-refractivity contribution in [1.82, 2.24) is 14.7 Å². The molecule has 8 heteroatoms. The zero-order valence-electron chi connectivity index (χ0n) is 23.0. The van der Waals surface area contributed by atoms with Gasteiger partial charge >= 0.3 is 0 Å². The molecular weight excluding hydrogens is 520 g/mol. The Bertz CT molecular complexity index is 1570. The average Bonchev–Trinajstić information content (AvgIpc) is 2.96. The second-order valence-corrected chi connectivity index (χ2v) is 11.1. The molecule has 2 heterocycles. The summed E-state index contributed by atoms with van der Waals surface area (Å²) in [6.07, 6.45) is 1.74. The summed E-state index contributed by atoms with van der Waals surface area (Å²) in [5.74, 6) is -0.301. The standard InChI is InChI=1S/C32H32N4O3S/c1-22-18-23(2)28(24(3)19-22)29(37)31(38)35-16-14-34(15-17-35)27-20-33-36(26-12-8-5-9-13-26)32(39)30(27)40-21-25-10-6-4-7-11-25/h4-13,18-20H,14-17,21H2,1-3H3. The van der Waals surface area contributed by atoms with E-state index in [9.17, 15) is 14.4 Å². The number of hydrogen-bond acceptors (Lipinski definition) is 6. The molecule has 0 N–H and O–H groups in total. The van der Waals surface area contributed by atoms with Crippen molar-refractivity contribution in [3.63, 3.8) is 0 Å². The van der Waals surface area contributed by atoms with E-state index in [0.29, 0.717) is 48.1 Å². The van der Waals surface area contributed by atoms with Crippen LogP contribution in [0.25, 0.3) is 5.69 Å². The predicted molar refractivity (Wildman–Crippen MR) is 160 cm³/mol. The maximum absolute atomic E-state index is 13.7. The summed E-state index contributed by atoms with van der Waals surface area (Å²) < 4.78 is 1.43. The first-order chi connectivity index (χ1) is 19.3. The molecule has 0 aliphatic carbocycles. The van der Waals surface area contributed by atoms with Gasteiger partial charge in [0, 0.05) is 37.5 Å². The monoisotopic (exact) mass is 552 g/mol. The van der Waals surface area contributed by atoms with Crippen molar-refractivity contribution in [3.8, 4) is 5.69 Å². The van der Waals surface area contributed by atoms with E-state index >= 15 is 0 Å². The van der Waals surface area contributed by atoms with Gasteiger partial charge in [-0.2, -0.15) is 9.78 Å². The number of thioether (sulfide) groups is 1. The van der Waals surface area contributed by atoms with Crippen LogP contribution in [0.1, 0.15) is 32.6 Å². The highest BCUT2D eigenvalue weighted by molar-refractivity contribution is 7.98. The number of amides is 1. The van der Waals surface area contributed by atoms with Gasteiger partial charge in [0.1, 0.15) is 4.90 Å². The van der Waals surface area contributed by atoms with Crippen LogP contribution in [0.5, 0.6) is 0 Å². The van der Waals surface area contributed by atoms with E-state index in [2.05, 4.69) is 10.00 Å². The topological polar surface area (TPSA) is 75.5 Å². The van der Waals surface area contributed by atoms with E-state index in [1.54, 1.807) is 11.1 Å². The van der Waals surface area contributed by atoms with E-state index in [1.807, 2.05) is 93.6 Å². The van der Waals surface area contributed by atoms with Crippen LogP contribution >= 0.6 is 11.8 Å². The summed E-state index contributed by atoms with van der Waals surface area (Å²) >= 11 is 1.49. The Morgan fingerprint density at radius 1 is 0.850 bits per heavy atom. The molecule has 0 saturated carbocycles. The molecule has 1 aliphatic heterocycles. The minimum absolute atomic E-state index is 0.177. The van der Waals surface area contributed by atoms with Crippen LogP contribution in [0.15, 0.2) is 88.7 Å². The van der Waals surface area contributed by atoms with Crippen LogP contribution in [-0.2, 0) is 10.5 Å². The Balaban J connectivity index is 1.37. The highest BCUT2D eigenvalue weighted by Gasteiger charge is 2.30. The van der Waals surface area contributed by atoms with Gasteiger partial charge in [-0.3, -0.25) is 14.4 Å². The number of benzene rings is 3. The van der Waals surface area contributed by atoms with Crippen LogP contribution in [0.3, 0.4) is 0 Å². The zero-order chi connectivity index (χ0) is 28.2. The number of para-hydroxylation sites is 1. The van der Waals surface area contributed by atoms with Crippen molar-refractivity contribution in [2.75, 3.05) is 31.1 Å². The van der Waals surface area contributed by atoms with Gasteiger partial charge < -0.3 is 9.80 Å². The molecule has 4 aromatic rings. The van der Waals surface area contributed by atoms with Crippen molar-refractivity contribution < 1.29 is 9.59 Å². The van der Waals surface area contributed by atoms with Crippen LogP contribution in [0.2, 0.25) is 0 Å². The zero-order valence-corrected chi connectivity index (χ0v) is 23.8. The van der Waals surface area contributed by atoms with Crippen molar-refractivity contribution in [1.29, 1.82) is 0 Å². The summed E-state index contributed by atoms with van der Waals surface area (Å²) in [7, 11) is 0. The van der Waals surface area contributed by atoms with E-state index in [4.69, 9.17) is 0 Å². The van der Waals surface area contributed by atoms with Gasteiger partial charge in [-0.1, -0.05) is 66.2 Å². The fourth-order valence-corrected chi connectivity index (χ4v) is 6.26. The maximum atomic E-state index is 13.7. The van der Waals surface area contributed by atoms with E-state index in [0.717, 1.165) is 27.9 Å². The number of ketones is 1. The first-order valence-electron chi connectivity index (χ1n) is 13.3. The highest BCUT2D eigenvalue weighted by Crippen LogP contribution is 2.30. The number of piperazine rings is 1. The predicted octanol–water partition coefficient (Wildman–Crippen LogP) is 4.98. The normalized spacial score (nSPS) is 13.4. The number of aryl methyl sites for hydroxylation is 3. The Hall–Kier alpha value is -4.17. The van der Waals surface area contributed by atoms with Crippen molar-refractivity contribution in [2.45, 2.75) is 31.4 Å². The molecule has 0 atom stereocenters. The molecule has 40 heavy (non-hydrogen) atoms. The quantitative estimate of drug-likeness (QED) is 0.183. The molecule has 0 unspecified atom stereocenters. The van der Waals surface area contributed by atoms with Crippen molar-refractivity contribution >= 4 is 29.1 Å². The number of aromatic nitrogens is 2. The molecule has 1 amide bonds. The van der Waals surface area contributed by atoms with Crippen LogP contribution in [0, 0.1) is 20.8 Å². The van der Waals surface area contributed by atoms with Gasteiger partial charge in [0.05, 0.1) is 17.6 Å². The van der Waals surface area contributed by atoms with Gasteiger partial charge in [-0.05, 0) is 49.6 Å². The highest BCUT2D eigenvalue weighted by atomic mass is 32.2. The van der Waals surface area contributed by atoms with E-state index in [-0.39, 0.29) is 5.56 Å². The molecule has 0 spiro atoms. The molecule has 1 aromatic heterocycles. The smallest absolute Gasteiger partial charge is 0.295 e. The summed E-state index contributed by atoms with van der Waals surface area (Å²) in [6.45, 7) is 7.50. The van der Waals surface area contributed by atoms with Crippen LogP contribution < -0.4 is 10.5 Å². The lowest BCUT2D eigenvalue weighted by Gasteiger charge is -2.36. The third-order valence-electron chi connectivity index (χ3n) is 7.15. The lowest BCUT2D eigenvalue weighted by Crippen LogP contribution is -2.51. The van der Waals surface area contributed by atoms with Crippen molar-refractivity contribution in [3.05, 3.63) is 117 Å². The number of carbonyl (C=O) groups is 2. The second-order valence-electron chi connectivity index (χ2n) is 10.1. The van der Waals surface area contributed by atoms with E-state index < -0.39 is 11.7 Å². The molecule has 1 fully saturated rings. The van der Waals surface area contributed by atoms with Gasteiger partial charge in [0.2, 0.25) is 0 Å². The maximum Gasteiger partial charge on any atom is 0.295 e. The van der Waals surface area contributed by atoms with Crippen molar-refractivity contribution in [2.24, 2.45) is 0 Å². The van der Waals surface area contributed by atoms with Gasteiger partial charge in [-0.15, -0.1) is 11.8 Å². The van der Waals surface area contributed by atoms with Gasteiger partial charge in [-0.25, -0.2) is 0 Å². The minimum atomic E-state index is -0.481. The molecular formula is C32H32N4O3S. The summed E-state index contributed by atoms with van der Waals surface area (Å²) in [6, 6.07) is 23.3. The van der Waals surface area contributed by atoms with Gasteiger partial charge in [0.15, 0.2) is 0 Å². The lowest BCUT2D eigenvalue weighted by molar-refractivity contribution is -0.126. The first kappa shape index (κ1) is 27.4. The van der Waals surface area contributed by atoms with Crippen LogP contribution in [-0.4, -0.2) is 52.5 Å². The molecule has 204 valence electrons. The molecule has 1 aliphatic rings. The Morgan fingerprint density at radius 3 is 2.08 bits per heavy atom. The van der Waals surface area contributed by atoms with Gasteiger partial charge in [0.25, 0.3) is 17.2 Å². The molecule has 0 radical (unpaired) electrons. The molecule has 0 bridgehead atoms. The first-order valence-corrected chi connectivity index (χ1v) is 14.3. The third-order valence-corrected chi connectivity index (χ3v) is 8.30. The molecule has 7 nitrogen and oxygen atoms in total. The summed E-state index contributed by atoms with van der Waals surface area (Å²) in [4.78, 5) is 44.4. The average molecular weight is 553 g/mol.